The molecule has 1 aromatic heterocycles. The van der Waals surface area contributed by atoms with Crippen LogP contribution < -0.4 is 10.6 Å². The molecule has 0 aromatic carbocycles. The predicted octanol–water partition coefficient (Wildman–Crippen LogP) is 0.619. The molecule has 1 rings (SSSR count). The Morgan fingerprint density at radius 1 is 1.67 bits per heavy atom. The third kappa shape index (κ3) is 2.54. The molecule has 0 aliphatic heterocycles. The van der Waals surface area contributed by atoms with Gasteiger partial charge in [0.2, 0.25) is 0 Å². The number of aromatic nitrogens is 1. The van der Waals surface area contributed by atoms with Crippen molar-refractivity contribution >= 4 is 17.3 Å². The molecule has 0 aliphatic carbocycles. The van der Waals surface area contributed by atoms with E-state index in [1.165, 1.54) is 5.56 Å². The van der Waals surface area contributed by atoms with Gasteiger partial charge in [-0.15, -0.1) is 0 Å². The zero-order chi connectivity index (χ0) is 8.97. The summed E-state index contributed by atoms with van der Waals surface area (Å²) >= 11 is 4.93. The second-order valence-electron chi connectivity index (χ2n) is 2.62. The lowest BCUT2D eigenvalue weighted by molar-refractivity contribution is 0.872. The molecule has 0 saturated heterocycles. The molecule has 2 N–H and O–H groups in total. The smallest absolute Gasteiger partial charge is 0.166 e. The van der Waals surface area contributed by atoms with Crippen molar-refractivity contribution < 1.29 is 0 Å². The van der Waals surface area contributed by atoms with Crippen LogP contribution in [-0.2, 0) is 13.6 Å². The average molecular weight is 183 g/mol. The number of aryl methyl sites for hydroxylation is 1. The molecule has 66 valence electrons. The number of hydrogen-bond acceptors (Lipinski definition) is 1. The molecule has 4 heteroatoms. The molecule has 0 bridgehead atoms. The average Bonchev–Trinajstić information content (AvgIpc) is 2.47. The highest BCUT2D eigenvalue weighted by Gasteiger charge is 1.94. The van der Waals surface area contributed by atoms with Crippen molar-refractivity contribution in [3.8, 4) is 0 Å². The molecule has 0 amide bonds. The summed E-state index contributed by atoms with van der Waals surface area (Å²) in [5, 5.41) is 6.60. The zero-order valence-electron chi connectivity index (χ0n) is 7.29. The van der Waals surface area contributed by atoms with Gasteiger partial charge in [0.05, 0.1) is 0 Å². The van der Waals surface area contributed by atoms with Crippen LogP contribution in [0.25, 0.3) is 0 Å². The van der Waals surface area contributed by atoms with Crippen LogP contribution in [0.3, 0.4) is 0 Å². The van der Waals surface area contributed by atoms with Crippen molar-refractivity contribution in [3.05, 3.63) is 24.0 Å². The molecular weight excluding hydrogens is 170 g/mol. The van der Waals surface area contributed by atoms with Gasteiger partial charge < -0.3 is 15.2 Å². The van der Waals surface area contributed by atoms with E-state index in [1.807, 2.05) is 17.8 Å². The number of nitrogens with zero attached hydrogens (tertiary/aromatic N) is 1. The van der Waals surface area contributed by atoms with Gasteiger partial charge in [0.1, 0.15) is 0 Å². The van der Waals surface area contributed by atoms with Gasteiger partial charge in [-0.25, -0.2) is 0 Å². The molecule has 1 heterocycles. The highest BCUT2D eigenvalue weighted by Crippen LogP contribution is 1.97. The monoisotopic (exact) mass is 183 g/mol. The van der Waals surface area contributed by atoms with E-state index < -0.39 is 0 Å². The van der Waals surface area contributed by atoms with Crippen LogP contribution in [0.15, 0.2) is 18.5 Å². The molecule has 12 heavy (non-hydrogen) atoms. The molecule has 0 radical (unpaired) electrons. The molecule has 1 aromatic rings. The fraction of sp³-hybridized carbons (Fsp3) is 0.375. The van der Waals surface area contributed by atoms with E-state index in [4.69, 9.17) is 12.2 Å². The van der Waals surface area contributed by atoms with E-state index in [1.54, 1.807) is 7.05 Å². The summed E-state index contributed by atoms with van der Waals surface area (Å²) in [7, 11) is 3.81. The fourth-order valence-corrected chi connectivity index (χ4v) is 1.01. The predicted molar refractivity (Wildman–Crippen MR) is 53.9 cm³/mol. The SMILES string of the molecule is CNC(=S)NCc1ccn(C)c1. The van der Waals surface area contributed by atoms with Gasteiger partial charge in [-0.2, -0.15) is 0 Å². The summed E-state index contributed by atoms with van der Waals surface area (Å²) in [6.45, 7) is 0.778. The van der Waals surface area contributed by atoms with E-state index in [-0.39, 0.29) is 0 Å². The fourth-order valence-electron chi connectivity index (χ4n) is 0.936. The Morgan fingerprint density at radius 3 is 2.92 bits per heavy atom. The second-order valence-corrected chi connectivity index (χ2v) is 3.03. The van der Waals surface area contributed by atoms with Gasteiger partial charge in [-0.3, -0.25) is 0 Å². The Kier molecular flexibility index (Phi) is 3.10. The lowest BCUT2D eigenvalue weighted by atomic mass is 10.3. The van der Waals surface area contributed by atoms with E-state index in [0.717, 1.165) is 6.54 Å². The number of hydrogen-bond donors (Lipinski definition) is 2. The lowest BCUT2D eigenvalue weighted by Gasteiger charge is -2.04. The van der Waals surface area contributed by atoms with Crippen molar-refractivity contribution in [1.29, 1.82) is 0 Å². The van der Waals surface area contributed by atoms with Crippen molar-refractivity contribution in [2.45, 2.75) is 6.54 Å². The zero-order valence-corrected chi connectivity index (χ0v) is 8.11. The van der Waals surface area contributed by atoms with Gasteiger partial charge in [-0.1, -0.05) is 0 Å². The van der Waals surface area contributed by atoms with Gasteiger partial charge in [-0.05, 0) is 23.8 Å². The molecule has 0 atom stereocenters. The molecule has 0 fully saturated rings. The first-order valence-electron chi connectivity index (χ1n) is 3.79. The normalized spacial score (nSPS) is 9.50. The summed E-state index contributed by atoms with van der Waals surface area (Å²) in [5.74, 6) is 0. The maximum absolute atomic E-state index is 4.93. The molecule has 0 unspecified atom stereocenters. The van der Waals surface area contributed by atoms with Crippen molar-refractivity contribution in [1.82, 2.24) is 15.2 Å². The Labute approximate surface area is 77.8 Å². The summed E-state index contributed by atoms with van der Waals surface area (Å²) < 4.78 is 2.01. The lowest BCUT2D eigenvalue weighted by Crippen LogP contribution is -2.31. The first-order valence-corrected chi connectivity index (χ1v) is 4.19. The molecule has 0 saturated carbocycles. The molecule has 0 aliphatic rings. The minimum atomic E-state index is 0.679. The topological polar surface area (TPSA) is 29.0 Å². The quantitative estimate of drug-likeness (QED) is 0.659. The van der Waals surface area contributed by atoms with Crippen molar-refractivity contribution in [2.24, 2.45) is 7.05 Å². The Balaban J connectivity index is 2.38. The largest absolute Gasteiger partial charge is 0.366 e. The van der Waals surface area contributed by atoms with E-state index in [0.29, 0.717) is 5.11 Å². The summed E-state index contributed by atoms with van der Waals surface area (Å²) in [4.78, 5) is 0. The summed E-state index contributed by atoms with van der Waals surface area (Å²) in [6, 6.07) is 2.06. The highest BCUT2D eigenvalue weighted by atomic mass is 32.1. The molecular formula is C8H13N3S. The minimum absolute atomic E-state index is 0.679. The van der Waals surface area contributed by atoms with Crippen LogP contribution in [0, 0.1) is 0 Å². The second kappa shape index (κ2) is 4.11. The van der Waals surface area contributed by atoms with Crippen LogP contribution >= 0.6 is 12.2 Å². The number of nitrogens with one attached hydrogen (secondary N) is 2. The van der Waals surface area contributed by atoms with Gasteiger partial charge in [0.15, 0.2) is 5.11 Å². The standard InChI is InChI=1S/C8H13N3S/c1-9-8(12)10-5-7-3-4-11(2)6-7/h3-4,6H,5H2,1-2H3,(H2,9,10,12). The summed E-state index contributed by atoms with van der Waals surface area (Å²) in [6.07, 6.45) is 4.07. The Bertz CT molecular complexity index is 267. The van der Waals surface area contributed by atoms with Gasteiger partial charge >= 0.3 is 0 Å². The minimum Gasteiger partial charge on any atom is -0.366 e. The van der Waals surface area contributed by atoms with E-state index in [9.17, 15) is 0 Å². The van der Waals surface area contributed by atoms with Crippen LogP contribution in [-0.4, -0.2) is 16.7 Å². The van der Waals surface area contributed by atoms with Crippen LogP contribution in [0.2, 0.25) is 0 Å². The van der Waals surface area contributed by atoms with Crippen LogP contribution in [0.4, 0.5) is 0 Å². The van der Waals surface area contributed by atoms with E-state index >= 15 is 0 Å². The highest BCUT2D eigenvalue weighted by molar-refractivity contribution is 7.80. The maximum atomic E-state index is 4.93. The molecule has 3 nitrogen and oxygen atoms in total. The maximum Gasteiger partial charge on any atom is 0.166 e. The van der Waals surface area contributed by atoms with Crippen LogP contribution in [0.5, 0.6) is 0 Å². The van der Waals surface area contributed by atoms with E-state index in [2.05, 4.69) is 22.9 Å². The number of rotatable bonds is 2. The molecule has 0 spiro atoms. The first kappa shape index (κ1) is 9.06. The third-order valence-corrected chi connectivity index (χ3v) is 1.92. The van der Waals surface area contributed by atoms with Crippen LogP contribution in [0.1, 0.15) is 5.56 Å². The third-order valence-electron chi connectivity index (χ3n) is 1.57. The summed E-state index contributed by atoms with van der Waals surface area (Å²) in [5.41, 5.74) is 1.23. The van der Waals surface area contributed by atoms with Gasteiger partial charge in [0.25, 0.3) is 0 Å². The first-order chi connectivity index (χ1) is 5.72. The number of thiocarbonyl (C=S) groups is 1. The van der Waals surface area contributed by atoms with Gasteiger partial charge in [0, 0.05) is 33.0 Å². The Hall–Kier alpha value is -1.03. The Morgan fingerprint density at radius 2 is 2.42 bits per heavy atom. The van der Waals surface area contributed by atoms with Crippen molar-refractivity contribution in [3.63, 3.8) is 0 Å². The van der Waals surface area contributed by atoms with Crippen molar-refractivity contribution in [2.75, 3.05) is 7.05 Å².